The van der Waals surface area contributed by atoms with Gasteiger partial charge < -0.3 is 4.52 Å². The molecule has 0 aliphatic rings. The number of rotatable bonds is 5. The number of benzene rings is 2. The maximum atomic E-state index is 11.0. The fourth-order valence-electron chi connectivity index (χ4n) is 2.28. The summed E-state index contributed by atoms with van der Waals surface area (Å²) >= 11 is 1.69. The Morgan fingerprint density at radius 3 is 2.20 bits per heavy atom. The van der Waals surface area contributed by atoms with Crippen LogP contribution in [0.2, 0.25) is 0 Å². The predicted molar refractivity (Wildman–Crippen MR) is 98.6 cm³/mol. The summed E-state index contributed by atoms with van der Waals surface area (Å²) in [6.45, 7) is 3.62. The van der Waals surface area contributed by atoms with E-state index in [2.05, 4.69) is 36.3 Å². The number of hydrogen-bond donors (Lipinski definition) is 0. The molecule has 3 aromatic rings. The highest BCUT2D eigenvalue weighted by Crippen LogP contribution is 2.29. The van der Waals surface area contributed by atoms with E-state index in [4.69, 9.17) is 4.52 Å². The van der Waals surface area contributed by atoms with Crippen LogP contribution in [0.3, 0.4) is 0 Å². The molecule has 0 atom stereocenters. The third-order valence-corrected chi connectivity index (χ3v) is 4.62. The van der Waals surface area contributed by atoms with Crippen LogP contribution in [0.1, 0.15) is 22.6 Å². The fraction of sp³-hybridized carbons (Fsp3) is 0.105. The van der Waals surface area contributed by atoms with Gasteiger partial charge in [-0.1, -0.05) is 52.8 Å². The Morgan fingerprint density at radius 1 is 1.00 bits per heavy atom. The monoisotopic (exact) mass is 352 g/mol. The molecule has 5 nitrogen and oxygen atoms in total. The van der Waals surface area contributed by atoms with Gasteiger partial charge >= 0.3 is 5.69 Å². The summed E-state index contributed by atoms with van der Waals surface area (Å²) < 4.78 is 5.01. The van der Waals surface area contributed by atoms with E-state index >= 15 is 0 Å². The van der Waals surface area contributed by atoms with E-state index in [0.717, 1.165) is 10.5 Å². The molecule has 1 heterocycles. The second-order valence-electron chi connectivity index (χ2n) is 5.56. The first-order valence-corrected chi connectivity index (χ1v) is 8.48. The first kappa shape index (κ1) is 17.0. The highest BCUT2D eigenvalue weighted by molar-refractivity contribution is 7.99. The minimum atomic E-state index is -0.479. The summed E-state index contributed by atoms with van der Waals surface area (Å²) in [5.74, 6) is 0.153. The van der Waals surface area contributed by atoms with E-state index in [9.17, 15) is 10.1 Å². The van der Waals surface area contributed by atoms with Gasteiger partial charge in [-0.05, 0) is 49.8 Å². The minimum Gasteiger partial charge on any atom is -0.349 e. The lowest BCUT2D eigenvalue weighted by molar-refractivity contribution is -0.386. The van der Waals surface area contributed by atoms with Gasteiger partial charge in [0.15, 0.2) is 5.69 Å². The number of nitro groups is 1. The topological polar surface area (TPSA) is 69.2 Å². The van der Waals surface area contributed by atoms with Crippen molar-refractivity contribution in [2.45, 2.75) is 23.6 Å². The Bertz CT molecular complexity index is 913. The molecule has 0 spiro atoms. The van der Waals surface area contributed by atoms with Crippen molar-refractivity contribution < 1.29 is 9.45 Å². The smallest absolute Gasteiger partial charge is 0.338 e. The molecular weight excluding hydrogens is 336 g/mol. The van der Waals surface area contributed by atoms with Crippen LogP contribution in [-0.2, 0) is 0 Å². The summed E-state index contributed by atoms with van der Waals surface area (Å²) in [6.07, 6.45) is 3.34. The number of hydrogen-bond acceptors (Lipinski definition) is 5. The van der Waals surface area contributed by atoms with Crippen LogP contribution < -0.4 is 0 Å². The van der Waals surface area contributed by atoms with Gasteiger partial charge in [-0.25, -0.2) is 0 Å². The van der Waals surface area contributed by atoms with E-state index in [1.165, 1.54) is 10.5 Å². The van der Waals surface area contributed by atoms with Crippen molar-refractivity contribution in [2.75, 3.05) is 0 Å². The zero-order valence-electron chi connectivity index (χ0n) is 13.8. The molecule has 3 rings (SSSR count). The molecule has 0 amide bonds. The van der Waals surface area contributed by atoms with Crippen LogP contribution >= 0.6 is 11.8 Å². The van der Waals surface area contributed by atoms with Crippen molar-refractivity contribution in [3.8, 4) is 0 Å². The van der Waals surface area contributed by atoms with E-state index < -0.39 is 4.92 Å². The predicted octanol–water partition coefficient (Wildman–Crippen LogP) is 5.52. The van der Waals surface area contributed by atoms with E-state index in [-0.39, 0.29) is 17.1 Å². The molecule has 0 fully saturated rings. The third kappa shape index (κ3) is 4.16. The van der Waals surface area contributed by atoms with Crippen LogP contribution in [0.5, 0.6) is 0 Å². The zero-order chi connectivity index (χ0) is 17.8. The van der Waals surface area contributed by atoms with E-state index in [1.54, 1.807) is 30.8 Å². The Kier molecular flexibility index (Phi) is 5.00. The van der Waals surface area contributed by atoms with Crippen LogP contribution in [0, 0.1) is 24.0 Å². The zero-order valence-corrected chi connectivity index (χ0v) is 14.6. The van der Waals surface area contributed by atoms with Crippen molar-refractivity contribution in [3.05, 3.63) is 81.2 Å². The molecule has 0 saturated carbocycles. The molecule has 1 aromatic heterocycles. The molecule has 2 aromatic carbocycles. The highest BCUT2D eigenvalue weighted by Gasteiger charge is 2.21. The van der Waals surface area contributed by atoms with Crippen LogP contribution in [-0.4, -0.2) is 10.1 Å². The van der Waals surface area contributed by atoms with Crippen LogP contribution in [0.15, 0.2) is 62.8 Å². The highest BCUT2D eigenvalue weighted by atomic mass is 32.2. The maximum absolute atomic E-state index is 11.0. The summed E-state index contributed by atoms with van der Waals surface area (Å²) in [5.41, 5.74) is 2.34. The number of aromatic nitrogens is 1. The number of nitrogens with zero attached hydrogens (tertiary/aromatic N) is 2. The SMILES string of the molecule is Cc1ccc(Sc2ccc(/C=C/c3onc(C)c3[N+](=O)[O-])cc2)cc1. The quantitative estimate of drug-likeness (QED) is 0.446. The van der Waals surface area contributed by atoms with Gasteiger partial charge in [0, 0.05) is 9.79 Å². The Hall–Kier alpha value is -2.86. The van der Waals surface area contributed by atoms with Crippen molar-refractivity contribution in [1.29, 1.82) is 0 Å². The van der Waals surface area contributed by atoms with Gasteiger partial charge in [0.05, 0.1) is 4.92 Å². The average Bonchev–Trinajstić information content (AvgIpc) is 2.97. The summed E-state index contributed by atoms with van der Waals surface area (Å²) in [7, 11) is 0. The largest absolute Gasteiger partial charge is 0.349 e. The normalized spacial score (nSPS) is 11.1. The van der Waals surface area contributed by atoms with Gasteiger partial charge in [0.25, 0.3) is 0 Å². The van der Waals surface area contributed by atoms with Gasteiger partial charge in [-0.2, -0.15) is 0 Å². The van der Waals surface area contributed by atoms with Gasteiger partial charge in [-0.3, -0.25) is 10.1 Å². The Balaban J connectivity index is 1.72. The van der Waals surface area contributed by atoms with Crippen LogP contribution in [0.25, 0.3) is 12.2 Å². The first-order valence-electron chi connectivity index (χ1n) is 7.66. The van der Waals surface area contributed by atoms with Crippen LogP contribution in [0.4, 0.5) is 5.69 Å². The molecular formula is C19H16N2O3S. The lowest BCUT2D eigenvalue weighted by Crippen LogP contribution is -1.90. The molecule has 0 aliphatic carbocycles. The third-order valence-electron chi connectivity index (χ3n) is 3.60. The van der Waals surface area contributed by atoms with Crippen molar-refractivity contribution in [3.63, 3.8) is 0 Å². The molecule has 0 N–H and O–H groups in total. The second-order valence-corrected chi connectivity index (χ2v) is 6.70. The maximum Gasteiger partial charge on any atom is 0.338 e. The summed E-state index contributed by atoms with van der Waals surface area (Å²) in [4.78, 5) is 12.9. The van der Waals surface area contributed by atoms with E-state index in [1.807, 2.05) is 24.3 Å². The molecule has 0 unspecified atom stereocenters. The molecule has 6 heteroatoms. The minimum absolute atomic E-state index is 0.0946. The summed E-state index contributed by atoms with van der Waals surface area (Å²) in [5, 5.41) is 14.7. The molecule has 0 bridgehead atoms. The molecule has 0 saturated heterocycles. The molecule has 126 valence electrons. The fourth-order valence-corrected chi connectivity index (χ4v) is 3.09. The second kappa shape index (κ2) is 7.36. The van der Waals surface area contributed by atoms with Crippen molar-refractivity contribution >= 4 is 29.6 Å². The summed E-state index contributed by atoms with van der Waals surface area (Å²) in [6, 6.07) is 16.3. The number of aryl methyl sites for hydroxylation is 2. The van der Waals surface area contributed by atoms with E-state index in [0.29, 0.717) is 0 Å². The molecule has 0 aliphatic heterocycles. The standard InChI is InChI=1S/C19H16N2O3S/c1-13-3-8-16(9-4-13)25-17-10-5-15(6-11-17)7-12-18-19(21(22)23)14(2)20-24-18/h3-12H,1-2H3/b12-7+. The Labute approximate surface area is 149 Å². The van der Waals surface area contributed by atoms with Gasteiger partial charge in [0.2, 0.25) is 5.76 Å². The van der Waals surface area contributed by atoms with Gasteiger partial charge in [-0.15, -0.1) is 0 Å². The molecule has 0 radical (unpaired) electrons. The van der Waals surface area contributed by atoms with Gasteiger partial charge in [0.1, 0.15) is 0 Å². The average molecular weight is 352 g/mol. The van der Waals surface area contributed by atoms with Crippen molar-refractivity contribution in [1.82, 2.24) is 5.16 Å². The molecule has 25 heavy (non-hydrogen) atoms. The first-order chi connectivity index (χ1) is 12.0. The lowest BCUT2D eigenvalue weighted by Gasteiger charge is -2.02. The lowest BCUT2D eigenvalue weighted by atomic mass is 10.2. The Morgan fingerprint density at radius 2 is 1.60 bits per heavy atom. The van der Waals surface area contributed by atoms with Crippen molar-refractivity contribution in [2.24, 2.45) is 0 Å².